The van der Waals surface area contributed by atoms with Crippen molar-refractivity contribution < 1.29 is 18.3 Å². The molecule has 1 nitrogen and oxygen atoms in total. The van der Waals surface area contributed by atoms with E-state index in [4.69, 9.17) is 5.11 Å². The summed E-state index contributed by atoms with van der Waals surface area (Å²) in [5.74, 6) is 0. The minimum absolute atomic E-state index is 0. The van der Waals surface area contributed by atoms with Crippen LogP contribution in [-0.4, -0.2) is 17.9 Å². The molecular formula is C3H6ClF3O. The Balaban J connectivity index is 0. The summed E-state index contributed by atoms with van der Waals surface area (Å²) in [7, 11) is 0. The van der Waals surface area contributed by atoms with Gasteiger partial charge >= 0.3 is 6.18 Å². The van der Waals surface area contributed by atoms with Crippen LogP contribution in [0.4, 0.5) is 13.2 Å². The van der Waals surface area contributed by atoms with Gasteiger partial charge in [-0.25, -0.2) is 0 Å². The third-order valence-corrected chi connectivity index (χ3v) is 0.395. The fourth-order valence-electron chi connectivity index (χ4n) is 0.127. The van der Waals surface area contributed by atoms with Crippen molar-refractivity contribution in [2.75, 3.05) is 6.61 Å². The molecule has 0 fully saturated rings. The first kappa shape index (κ1) is 10.9. The number of hydrogen-bond acceptors (Lipinski definition) is 1. The van der Waals surface area contributed by atoms with Gasteiger partial charge < -0.3 is 5.11 Å². The molecule has 0 aliphatic rings. The van der Waals surface area contributed by atoms with Gasteiger partial charge in [0.05, 0.1) is 13.0 Å². The van der Waals surface area contributed by atoms with Crippen LogP contribution in [0.2, 0.25) is 0 Å². The summed E-state index contributed by atoms with van der Waals surface area (Å²) in [5, 5.41) is 7.68. The maximum absolute atomic E-state index is 10.9. The van der Waals surface area contributed by atoms with E-state index in [2.05, 4.69) is 0 Å². The van der Waals surface area contributed by atoms with Crippen molar-refractivity contribution in [3.8, 4) is 0 Å². The van der Waals surface area contributed by atoms with E-state index < -0.39 is 19.2 Å². The lowest BCUT2D eigenvalue weighted by Gasteiger charge is -1.99. The van der Waals surface area contributed by atoms with Gasteiger partial charge in [0.25, 0.3) is 0 Å². The van der Waals surface area contributed by atoms with Crippen LogP contribution in [0.5, 0.6) is 0 Å². The quantitative estimate of drug-likeness (QED) is 0.598. The Kier molecular flexibility index (Phi) is 5.42. The lowest BCUT2D eigenvalue weighted by molar-refractivity contribution is -0.141. The number of hydrogen-bond donors (Lipinski definition) is 1. The van der Waals surface area contributed by atoms with Crippen molar-refractivity contribution in [2.24, 2.45) is 0 Å². The van der Waals surface area contributed by atoms with E-state index in [-0.39, 0.29) is 12.4 Å². The van der Waals surface area contributed by atoms with E-state index in [9.17, 15) is 13.2 Å². The summed E-state index contributed by atoms with van der Waals surface area (Å²) in [6.45, 7) is -0.816. The minimum atomic E-state index is -4.20. The highest BCUT2D eigenvalue weighted by Gasteiger charge is 2.25. The third-order valence-electron chi connectivity index (χ3n) is 0.395. The Bertz CT molecular complexity index is 53.0. The van der Waals surface area contributed by atoms with Gasteiger partial charge in [-0.1, -0.05) is 0 Å². The largest absolute Gasteiger partial charge is 0.396 e. The molecule has 0 rings (SSSR count). The van der Waals surface area contributed by atoms with Crippen LogP contribution in [0.25, 0.3) is 0 Å². The molecule has 5 heteroatoms. The van der Waals surface area contributed by atoms with Crippen molar-refractivity contribution >= 4 is 12.4 Å². The smallest absolute Gasteiger partial charge is 0.391 e. The molecule has 0 aromatic heterocycles. The van der Waals surface area contributed by atoms with Crippen molar-refractivity contribution in [2.45, 2.75) is 12.6 Å². The Morgan fingerprint density at radius 2 is 1.62 bits per heavy atom. The van der Waals surface area contributed by atoms with E-state index in [0.29, 0.717) is 0 Å². The predicted octanol–water partition coefficient (Wildman–Crippen LogP) is 1.35. The Hall–Kier alpha value is 0.0400. The highest BCUT2D eigenvalue weighted by atomic mass is 35.5. The second kappa shape index (κ2) is 3.97. The molecule has 0 aliphatic heterocycles. The third kappa shape index (κ3) is 9.40. The van der Waals surface area contributed by atoms with Crippen LogP contribution >= 0.6 is 12.4 Å². The summed E-state index contributed by atoms with van der Waals surface area (Å²) in [6, 6.07) is 0. The SMILES string of the molecule is Cl.OCCC(F)(F)F. The molecule has 0 aromatic rings. The zero-order valence-corrected chi connectivity index (χ0v) is 4.72. The summed E-state index contributed by atoms with van der Waals surface area (Å²) in [4.78, 5) is 0. The van der Waals surface area contributed by atoms with Crippen LogP contribution in [0.15, 0.2) is 0 Å². The molecule has 0 radical (unpaired) electrons. The van der Waals surface area contributed by atoms with Gasteiger partial charge in [0.15, 0.2) is 0 Å². The van der Waals surface area contributed by atoms with Gasteiger partial charge in [-0.3, -0.25) is 0 Å². The molecule has 0 spiro atoms. The molecule has 1 N–H and O–H groups in total. The van der Waals surface area contributed by atoms with E-state index in [1.54, 1.807) is 0 Å². The minimum Gasteiger partial charge on any atom is -0.396 e. The molecule has 0 amide bonds. The van der Waals surface area contributed by atoms with Gasteiger partial charge in [-0.05, 0) is 0 Å². The monoisotopic (exact) mass is 150 g/mol. The van der Waals surface area contributed by atoms with Crippen molar-refractivity contribution in [1.29, 1.82) is 0 Å². The standard InChI is InChI=1S/C3H5F3O.ClH/c4-3(5,6)1-2-7;/h7H,1-2H2;1H. The molecule has 0 heterocycles. The molecule has 0 saturated heterocycles. The fraction of sp³-hybridized carbons (Fsp3) is 1.00. The first-order valence-electron chi connectivity index (χ1n) is 1.74. The number of aliphatic hydroxyl groups is 1. The number of rotatable bonds is 1. The Morgan fingerprint density at radius 3 is 1.62 bits per heavy atom. The van der Waals surface area contributed by atoms with Crippen LogP contribution in [0.3, 0.4) is 0 Å². The van der Waals surface area contributed by atoms with Gasteiger partial charge in [-0.2, -0.15) is 13.2 Å². The van der Waals surface area contributed by atoms with E-state index >= 15 is 0 Å². The lowest BCUT2D eigenvalue weighted by Crippen LogP contribution is -2.08. The van der Waals surface area contributed by atoms with Gasteiger partial charge in [0.1, 0.15) is 0 Å². The molecular weight excluding hydrogens is 144 g/mol. The number of halogens is 4. The van der Waals surface area contributed by atoms with E-state index in [1.807, 2.05) is 0 Å². The summed E-state index contributed by atoms with van der Waals surface area (Å²) in [5.41, 5.74) is 0. The van der Waals surface area contributed by atoms with Gasteiger partial charge in [-0.15, -0.1) is 12.4 Å². The van der Waals surface area contributed by atoms with Crippen LogP contribution in [0.1, 0.15) is 6.42 Å². The van der Waals surface area contributed by atoms with Crippen LogP contribution in [-0.2, 0) is 0 Å². The first-order chi connectivity index (χ1) is 3.06. The molecule has 0 bridgehead atoms. The van der Waals surface area contributed by atoms with Crippen LogP contribution in [0, 0.1) is 0 Å². The van der Waals surface area contributed by atoms with Crippen molar-refractivity contribution in [3.63, 3.8) is 0 Å². The normalized spacial score (nSPS) is 10.5. The number of aliphatic hydroxyl groups excluding tert-OH is 1. The fourth-order valence-corrected chi connectivity index (χ4v) is 0.127. The highest BCUT2D eigenvalue weighted by Crippen LogP contribution is 2.17. The Labute approximate surface area is 50.9 Å². The predicted molar refractivity (Wildman–Crippen MR) is 25.0 cm³/mol. The topological polar surface area (TPSA) is 20.2 Å². The zero-order valence-electron chi connectivity index (χ0n) is 3.90. The lowest BCUT2D eigenvalue weighted by atomic mass is 10.5. The van der Waals surface area contributed by atoms with E-state index in [1.165, 1.54) is 0 Å². The molecule has 0 aliphatic carbocycles. The molecule has 8 heavy (non-hydrogen) atoms. The Morgan fingerprint density at radius 1 is 1.25 bits per heavy atom. The molecule has 0 unspecified atom stereocenters. The number of alkyl halides is 3. The van der Waals surface area contributed by atoms with Gasteiger partial charge in [0, 0.05) is 0 Å². The maximum atomic E-state index is 10.9. The molecule has 52 valence electrons. The molecule has 0 aromatic carbocycles. The van der Waals surface area contributed by atoms with E-state index in [0.717, 1.165) is 0 Å². The second-order valence-electron chi connectivity index (χ2n) is 1.09. The van der Waals surface area contributed by atoms with Crippen molar-refractivity contribution in [3.05, 3.63) is 0 Å². The summed E-state index contributed by atoms with van der Waals surface area (Å²) >= 11 is 0. The van der Waals surface area contributed by atoms with Crippen LogP contribution < -0.4 is 0 Å². The molecule has 0 saturated carbocycles. The zero-order chi connectivity index (χ0) is 5.91. The second-order valence-corrected chi connectivity index (χ2v) is 1.09. The van der Waals surface area contributed by atoms with Gasteiger partial charge in [0.2, 0.25) is 0 Å². The highest BCUT2D eigenvalue weighted by molar-refractivity contribution is 5.85. The average Bonchev–Trinajstić information content (AvgIpc) is 1.30. The molecule has 0 atom stereocenters. The maximum Gasteiger partial charge on any atom is 0.391 e. The summed E-state index contributed by atoms with van der Waals surface area (Å²) < 4.78 is 32.7. The van der Waals surface area contributed by atoms with Crippen molar-refractivity contribution in [1.82, 2.24) is 0 Å². The first-order valence-corrected chi connectivity index (χ1v) is 1.74. The average molecular weight is 151 g/mol. The summed E-state index contributed by atoms with van der Waals surface area (Å²) in [6.07, 6.45) is -5.30.